The number of methoxy groups -OCH3 is 1. The van der Waals surface area contributed by atoms with Crippen molar-refractivity contribution in [2.75, 3.05) is 13.7 Å². The Balaban J connectivity index is 2.23. The van der Waals surface area contributed by atoms with E-state index in [0.29, 0.717) is 6.04 Å². The van der Waals surface area contributed by atoms with E-state index in [2.05, 4.69) is 84.2 Å². The van der Waals surface area contributed by atoms with Gasteiger partial charge in [-0.1, -0.05) is 31.2 Å². The predicted octanol–water partition coefficient (Wildman–Crippen LogP) is 4.50. The largest absolute Gasteiger partial charge is 0.496 e. The van der Waals surface area contributed by atoms with Crippen LogP contribution in [0.15, 0.2) is 42.5 Å². The van der Waals surface area contributed by atoms with Gasteiger partial charge >= 0.3 is 0 Å². The molecule has 0 saturated carbocycles. The summed E-state index contributed by atoms with van der Waals surface area (Å²) in [5.41, 5.74) is 3.80. The quantitative estimate of drug-likeness (QED) is 0.728. The summed E-state index contributed by atoms with van der Waals surface area (Å²) in [5.74, 6) is 0.956. The molecular formula is C18H22INO. The highest BCUT2D eigenvalue weighted by Gasteiger charge is 2.13. The van der Waals surface area contributed by atoms with Gasteiger partial charge < -0.3 is 10.1 Å². The van der Waals surface area contributed by atoms with E-state index in [0.717, 1.165) is 18.7 Å². The molecule has 2 nitrogen and oxygen atoms in total. The van der Waals surface area contributed by atoms with Crippen molar-refractivity contribution in [3.05, 3.63) is 62.7 Å². The average Bonchev–Trinajstić information content (AvgIpc) is 2.49. The molecule has 2 aromatic rings. The van der Waals surface area contributed by atoms with Gasteiger partial charge in [-0.15, -0.1) is 0 Å². The second-order valence-corrected chi connectivity index (χ2v) is 6.42. The summed E-state index contributed by atoms with van der Waals surface area (Å²) in [6.07, 6.45) is 0.983. The number of hydrogen-bond donors (Lipinski definition) is 1. The summed E-state index contributed by atoms with van der Waals surface area (Å²) in [7, 11) is 1.73. The van der Waals surface area contributed by atoms with Gasteiger partial charge in [0.25, 0.3) is 0 Å². The molecule has 1 atom stereocenters. The highest BCUT2D eigenvalue weighted by molar-refractivity contribution is 14.1. The van der Waals surface area contributed by atoms with Crippen LogP contribution < -0.4 is 10.1 Å². The average molecular weight is 395 g/mol. The molecule has 0 heterocycles. The van der Waals surface area contributed by atoms with Crippen LogP contribution in [0.5, 0.6) is 5.75 Å². The van der Waals surface area contributed by atoms with Gasteiger partial charge in [0.15, 0.2) is 0 Å². The molecule has 0 saturated heterocycles. The molecular weight excluding hydrogens is 373 g/mol. The summed E-state index contributed by atoms with van der Waals surface area (Å²) >= 11 is 2.34. The zero-order valence-corrected chi connectivity index (χ0v) is 15.0. The smallest absolute Gasteiger partial charge is 0.122 e. The second-order valence-electron chi connectivity index (χ2n) is 5.17. The van der Waals surface area contributed by atoms with Gasteiger partial charge in [0.2, 0.25) is 0 Å². The molecule has 0 aliphatic heterocycles. The highest BCUT2D eigenvalue weighted by Crippen LogP contribution is 2.25. The lowest BCUT2D eigenvalue weighted by atomic mass is 9.97. The summed E-state index contributed by atoms with van der Waals surface area (Å²) in [6, 6.07) is 15.5. The first-order valence-electron chi connectivity index (χ1n) is 7.26. The third kappa shape index (κ3) is 4.45. The Morgan fingerprint density at radius 2 is 1.86 bits per heavy atom. The van der Waals surface area contributed by atoms with Crippen LogP contribution in [-0.4, -0.2) is 13.7 Å². The van der Waals surface area contributed by atoms with Crippen molar-refractivity contribution >= 4 is 22.6 Å². The standard InChI is InChI=1S/C18H22INO/c1-4-20-17(11-14-6-9-16(19)10-7-14)15-8-5-13(2)18(12-15)21-3/h5-10,12,17,20H,4,11H2,1-3H3. The van der Waals surface area contributed by atoms with Crippen molar-refractivity contribution in [3.63, 3.8) is 0 Å². The van der Waals surface area contributed by atoms with E-state index in [1.54, 1.807) is 7.11 Å². The Hall–Kier alpha value is -1.07. The molecule has 0 fully saturated rings. The Bertz CT molecular complexity index is 580. The van der Waals surface area contributed by atoms with Crippen molar-refractivity contribution in [1.29, 1.82) is 0 Å². The van der Waals surface area contributed by atoms with E-state index >= 15 is 0 Å². The fourth-order valence-electron chi connectivity index (χ4n) is 2.46. The van der Waals surface area contributed by atoms with Gasteiger partial charge in [-0.3, -0.25) is 0 Å². The zero-order valence-electron chi connectivity index (χ0n) is 12.8. The van der Waals surface area contributed by atoms with Gasteiger partial charge in [-0.2, -0.15) is 0 Å². The number of likely N-dealkylation sites (N-methyl/N-ethyl adjacent to an activating group) is 1. The Kier molecular flexibility index (Phi) is 6.06. The maximum atomic E-state index is 5.45. The lowest BCUT2D eigenvalue weighted by molar-refractivity contribution is 0.410. The van der Waals surface area contributed by atoms with Crippen LogP contribution in [0.25, 0.3) is 0 Å². The van der Waals surface area contributed by atoms with Gasteiger partial charge in [-0.05, 0) is 77.4 Å². The van der Waals surface area contributed by atoms with Gasteiger partial charge in [0.05, 0.1) is 7.11 Å². The maximum Gasteiger partial charge on any atom is 0.122 e. The number of aryl methyl sites for hydroxylation is 1. The minimum atomic E-state index is 0.310. The Morgan fingerprint density at radius 3 is 2.48 bits per heavy atom. The fraction of sp³-hybridized carbons (Fsp3) is 0.333. The van der Waals surface area contributed by atoms with E-state index in [9.17, 15) is 0 Å². The van der Waals surface area contributed by atoms with Gasteiger partial charge in [0, 0.05) is 9.61 Å². The number of halogens is 1. The maximum absolute atomic E-state index is 5.45. The van der Waals surface area contributed by atoms with E-state index < -0.39 is 0 Å². The van der Waals surface area contributed by atoms with Crippen LogP contribution in [0.3, 0.4) is 0 Å². The highest BCUT2D eigenvalue weighted by atomic mass is 127. The minimum absolute atomic E-state index is 0.310. The topological polar surface area (TPSA) is 21.3 Å². The SMILES string of the molecule is CCNC(Cc1ccc(I)cc1)c1ccc(C)c(OC)c1. The van der Waals surface area contributed by atoms with Crippen LogP contribution in [0.2, 0.25) is 0 Å². The number of hydrogen-bond acceptors (Lipinski definition) is 2. The molecule has 0 bridgehead atoms. The molecule has 2 aromatic carbocycles. The fourth-order valence-corrected chi connectivity index (χ4v) is 2.82. The first kappa shape index (κ1) is 16.3. The molecule has 3 heteroatoms. The first-order valence-corrected chi connectivity index (χ1v) is 8.34. The molecule has 1 unspecified atom stereocenters. The molecule has 112 valence electrons. The van der Waals surface area contributed by atoms with Gasteiger partial charge in [-0.25, -0.2) is 0 Å². The van der Waals surface area contributed by atoms with Crippen LogP contribution in [0.1, 0.15) is 29.7 Å². The molecule has 21 heavy (non-hydrogen) atoms. The zero-order chi connectivity index (χ0) is 15.2. The molecule has 2 rings (SSSR count). The van der Waals surface area contributed by atoms with Crippen LogP contribution >= 0.6 is 22.6 Å². The van der Waals surface area contributed by atoms with Crippen molar-refractivity contribution in [2.24, 2.45) is 0 Å². The lowest BCUT2D eigenvalue weighted by Crippen LogP contribution is -2.23. The molecule has 0 aliphatic carbocycles. The third-order valence-corrected chi connectivity index (χ3v) is 4.36. The van der Waals surface area contributed by atoms with Gasteiger partial charge in [0.1, 0.15) is 5.75 Å². The van der Waals surface area contributed by atoms with Crippen molar-refractivity contribution in [3.8, 4) is 5.75 Å². The van der Waals surface area contributed by atoms with E-state index in [1.807, 2.05) is 0 Å². The summed E-state index contributed by atoms with van der Waals surface area (Å²) < 4.78 is 6.72. The third-order valence-electron chi connectivity index (χ3n) is 3.64. The normalized spacial score (nSPS) is 12.2. The Labute approximate surface area is 141 Å². The van der Waals surface area contributed by atoms with E-state index in [1.165, 1.54) is 20.3 Å². The predicted molar refractivity (Wildman–Crippen MR) is 97.0 cm³/mol. The molecule has 0 aliphatic rings. The number of rotatable bonds is 6. The van der Waals surface area contributed by atoms with Crippen LogP contribution in [-0.2, 0) is 6.42 Å². The lowest BCUT2D eigenvalue weighted by Gasteiger charge is -2.20. The number of nitrogens with one attached hydrogen (secondary N) is 1. The summed E-state index contributed by atoms with van der Waals surface area (Å²) in [4.78, 5) is 0. The summed E-state index contributed by atoms with van der Waals surface area (Å²) in [5, 5.41) is 3.58. The molecule has 0 spiro atoms. The van der Waals surface area contributed by atoms with Crippen LogP contribution in [0, 0.1) is 10.5 Å². The van der Waals surface area contributed by atoms with Crippen molar-refractivity contribution < 1.29 is 4.74 Å². The summed E-state index contributed by atoms with van der Waals surface area (Å²) in [6.45, 7) is 5.17. The van der Waals surface area contributed by atoms with Crippen molar-refractivity contribution in [1.82, 2.24) is 5.32 Å². The number of ether oxygens (including phenoxy) is 1. The Morgan fingerprint density at radius 1 is 1.14 bits per heavy atom. The molecule has 0 radical (unpaired) electrons. The van der Waals surface area contributed by atoms with Crippen LogP contribution in [0.4, 0.5) is 0 Å². The minimum Gasteiger partial charge on any atom is -0.496 e. The first-order chi connectivity index (χ1) is 10.1. The molecule has 1 N–H and O–H groups in total. The van der Waals surface area contributed by atoms with Crippen molar-refractivity contribution in [2.45, 2.75) is 26.3 Å². The molecule has 0 aromatic heterocycles. The number of benzene rings is 2. The van der Waals surface area contributed by atoms with E-state index in [4.69, 9.17) is 4.74 Å². The monoisotopic (exact) mass is 395 g/mol. The van der Waals surface area contributed by atoms with E-state index in [-0.39, 0.29) is 0 Å². The molecule has 0 amide bonds. The second kappa shape index (κ2) is 7.80.